The Morgan fingerprint density at radius 3 is 1.91 bits per heavy atom. The largest absolute Gasteiger partial charge is 0.377 e. The third kappa shape index (κ3) is 6.43. The monoisotopic (exact) mass is 492 g/mol. The highest BCUT2D eigenvalue weighted by atomic mass is 19.3. The van der Waals surface area contributed by atoms with Crippen LogP contribution in [0.15, 0.2) is 24.3 Å². The Hall–Kier alpha value is -2.30. The minimum Gasteiger partial charge on any atom is -0.377 e. The van der Waals surface area contributed by atoms with Crippen molar-refractivity contribution >= 4 is 0 Å². The van der Waals surface area contributed by atoms with Crippen LogP contribution in [0.3, 0.4) is 0 Å². The van der Waals surface area contributed by atoms with Crippen molar-refractivity contribution in [2.75, 3.05) is 19.8 Å². The summed E-state index contributed by atoms with van der Waals surface area (Å²) in [6, 6.07) is 3.69. The molecule has 0 saturated carbocycles. The highest BCUT2D eigenvalue weighted by molar-refractivity contribution is 5.29. The predicted octanol–water partition coefficient (Wildman–Crippen LogP) is 6.45. The Labute approximate surface area is 193 Å². The molecule has 34 heavy (non-hydrogen) atoms. The maximum absolute atomic E-state index is 13.7. The lowest BCUT2D eigenvalue weighted by atomic mass is 9.92. The summed E-state index contributed by atoms with van der Waals surface area (Å²) in [7, 11) is 0. The van der Waals surface area contributed by atoms with Gasteiger partial charge in [-0.25, -0.2) is 22.0 Å². The fraction of sp³-hybridized carbons (Fsp3) is 0.500. The van der Waals surface area contributed by atoms with Crippen LogP contribution in [0.25, 0.3) is 0 Å². The number of benzene rings is 2. The van der Waals surface area contributed by atoms with Crippen LogP contribution in [0.4, 0.5) is 26.5 Å². The fourth-order valence-corrected chi connectivity index (χ4v) is 3.75. The van der Waals surface area contributed by atoms with Crippen molar-refractivity contribution in [3.05, 3.63) is 64.2 Å². The van der Waals surface area contributed by atoms with Crippen LogP contribution >= 0.6 is 0 Å². The quantitative estimate of drug-likeness (QED) is 0.460. The molecule has 2 fully saturated rings. The Kier molecular flexibility index (Phi) is 9.21. The smallest absolute Gasteiger partial charge is 0.184 e. The third-order valence-corrected chi connectivity index (χ3v) is 5.90. The number of ether oxygens (including phenoxy) is 3. The number of hydrogen-bond acceptors (Lipinski definition) is 4. The van der Waals surface area contributed by atoms with E-state index < -0.39 is 47.5 Å². The fourth-order valence-electron chi connectivity index (χ4n) is 3.75. The van der Waals surface area contributed by atoms with Gasteiger partial charge in [0.25, 0.3) is 0 Å². The van der Waals surface area contributed by atoms with E-state index in [-0.39, 0.29) is 23.1 Å². The van der Waals surface area contributed by atoms with Gasteiger partial charge < -0.3 is 14.2 Å². The topological polar surface area (TPSA) is 36.9 Å². The molecule has 2 heterocycles. The van der Waals surface area contributed by atoms with E-state index in [1.54, 1.807) is 0 Å². The van der Waals surface area contributed by atoms with Crippen LogP contribution in [0.2, 0.25) is 0 Å². The Balaban J connectivity index is 0.000000248. The van der Waals surface area contributed by atoms with Gasteiger partial charge in [-0.05, 0) is 37.8 Å². The van der Waals surface area contributed by atoms with Crippen LogP contribution in [-0.2, 0) is 20.9 Å². The minimum atomic E-state index is -1.18. The minimum absolute atomic E-state index is 0.106. The first-order chi connectivity index (χ1) is 16.2. The molecule has 2 aromatic rings. The lowest BCUT2D eigenvalue weighted by Crippen LogP contribution is -2.39. The summed E-state index contributed by atoms with van der Waals surface area (Å²) in [5, 5.41) is 0. The van der Waals surface area contributed by atoms with Crippen molar-refractivity contribution in [2.24, 2.45) is 11.8 Å². The molecule has 2 aliphatic rings. The van der Waals surface area contributed by atoms with Crippen molar-refractivity contribution in [1.29, 1.82) is 0 Å². The molecule has 4 rings (SSSR count). The molecule has 0 bridgehead atoms. The molecule has 2 aromatic carbocycles. The Bertz CT molecular complexity index is 910. The SMILES string of the molecule is CC1CCC(C2COC(c3cc(F)c(CF)c(F)c3)OC2)OC1.Cc1c(F)cc(OF)cc1F. The van der Waals surface area contributed by atoms with Gasteiger partial charge in [0.15, 0.2) is 12.0 Å². The number of rotatable bonds is 4. The van der Waals surface area contributed by atoms with E-state index in [9.17, 15) is 26.5 Å². The summed E-state index contributed by atoms with van der Waals surface area (Å²) in [5.74, 6) is -3.24. The second-order valence-electron chi connectivity index (χ2n) is 8.50. The first-order valence-corrected chi connectivity index (χ1v) is 10.9. The average Bonchev–Trinajstić information content (AvgIpc) is 2.83. The van der Waals surface area contributed by atoms with Gasteiger partial charge in [0.2, 0.25) is 0 Å². The summed E-state index contributed by atoms with van der Waals surface area (Å²) in [6.45, 7) is 3.81. The zero-order valence-corrected chi connectivity index (χ0v) is 18.8. The van der Waals surface area contributed by atoms with Gasteiger partial charge in [0.05, 0.1) is 24.9 Å². The van der Waals surface area contributed by atoms with Crippen LogP contribution in [0.5, 0.6) is 5.75 Å². The number of halogens is 6. The van der Waals surface area contributed by atoms with Gasteiger partial charge in [-0.3, -0.25) is 4.94 Å². The molecule has 4 nitrogen and oxygen atoms in total. The summed E-state index contributed by atoms with van der Waals surface area (Å²) in [4.78, 5) is 3.15. The highest BCUT2D eigenvalue weighted by Gasteiger charge is 2.33. The molecule has 2 atom stereocenters. The third-order valence-electron chi connectivity index (χ3n) is 5.90. The standard InChI is InChI=1S/C17H21F3O3.C7H5F3O/c1-10-2-3-16(21-7-10)12-8-22-17(23-9-12)11-4-14(19)13(6-18)15(20)5-11;1-4-6(8)2-5(11-10)3-7(4)9/h4-5,10,12,16-17H,2-3,6-9H2,1H3;2-3H,1H3. The molecule has 0 spiro atoms. The second kappa shape index (κ2) is 11.9. The zero-order chi connectivity index (χ0) is 24.8. The van der Waals surface area contributed by atoms with E-state index in [0.29, 0.717) is 19.1 Å². The molecule has 2 saturated heterocycles. The van der Waals surface area contributed by atoms with E-state index in [1.807, 2.05) is 0 Å². The molecule has 0 amide bonds. The van der Waals surface area contributed by atoms with Crippen LogP contribution in [0, 0.1) is 42.0 Å². The number of alkyl halides is 1. The maximum Gasteiger partial charge on any atom is 0.184 e. The van der Waals surface area contributed by atoms with Crippen molar-refractivity contribution in [1.82, 2.24) is 0 Å². The predicted molar refractivity (Wildman–Crippen MR) is 110 cm³/mol. The van der Waals surface area contributed by atoms with Gasteiger partial charge in [-0.2, -0.15) is 0 Å². The van der Waals surface area contributed by atoms with Gasteiger partial charge in [-0.15, -0.1) is 0 Å². The van der Waals surface area contributed by atoms with Crippen LogP contribution in [0.1, 0.15) is 42.7 Å². The van der Waals surface area contributed by atoms with Crippen LogP contribution in [-0.4, -0.2) is 25.9 Å². The van der Waals surface area contributed by atoms with E-state index in [4.69, 9.17) is 14.2 Å². The first-order valence-electron chi connectivity index (χ1n) is 10.9. The molecule has 0 N–H and O–H groups in total. The summed E-state index contributed by atoms with van der Waals surface area (Å²) >= 11 is 0. The molecule has 10 heteroatoms. The van der Waals surface area contributed by atoms with Gasteiger partial charge in [0.1, 0.15) is 29.9 Å². The maximum atomic E-state index is 13.7. The first kappa shape index (κ1) is 26.3. The van der Waals surface area contributed by atoms with Gasteiger partial charge in [-0.1, -0.05) is 6.92 Å². The summed E-state index contributed by atoms with van der Waals surface area (Å²) in [6.07, 6.45) is 1.37. The Morgan fingerprint density at radius 2 is 1.44 bits per heavy atom. The van der Waals surface area contributed by atoms with E-state index >= 15 is 0 Å². The highest BCUT2D eigenvalue weighted by Crippen LogP contribution is 2.32. The van der Waals surface area contributed by atoms with E-state index in [1.165, 1.54) is 6.92 Å². The molecule has 2 unspecified atom stereocenters. The van der Waals surface area contributed by atoms with Crippen molar-refractivity contribution in [2.45, 2.75) is 45.8 Å². The van der Waals surface area contributed by atoms with Crippen molar-refractivity contribution < 1.29 is 45.6 Å². The van der Waals surface area contributed by atoms with Crippen molar-refractivity contribution in [3.63, 3.8) is 0 Å². The number of hydrogen-bond donors (Lipinski definition) is 0. The molecular weight excluding hydrogens is 466 g/mol. The zero-order valence-electron chi connectivity index (χ0n) is 18.8. The normalized spacial score (nSPS) is 24.8. The molecule has 188 valence electrons. The summed E-state index contributed by atoms with van der Waals surface area (Å²) < 4.78 is 93.4. The van der Waals surface area contributed by atoms with E-state index in [0.717, 1.165) is 43.7 Å². The molecular formula is C24H26F6O4. The lowest BCUT2D eigenvalue weighted by molar-refractivity contribution is -0.227. The second-order valence-corrected chi connectivity index (χ2v) is 8.50. The molecule has 2 aliphatic heterocycles. The summed E-state index contributed by atoms with van der Waals surface area (Å²) in [5.41, 5.74) is -0.480. The van der Waals surface area contributed by atoms with E-state index in [2.05, 4.69) is 11.9 Å². The molecule has 0 aromatic heterocycles. The lowest BCUT2D eigenvalue weighted by Gasteiger charge is -2.37. The van der Waals surface area contributed by atoms with Crippen LogP contribution < -0.4 is 4.94 Å². The molecule has 0 aliphatic carbocycles. The van der Waals surface area contributed by atoms with Gasteiger partial charge >= 0.3 is 0 Å². The molecule has 0 radical (unpaired) electrons. The van der Waals surface area contributed by atoms with Gasteiger partial charge in [0, 0.05) is 40.3 Å². The van der Waals surface area contributed by atoms with Crippen molar-refractivity contribution in [3.8, 4) is 5.75 Å². The average molecular weight is 492 g/mol. The Morgan fingerprint density at radius 1 is 0.853 bits per heavy atom.